The van der Waals surface area contributed by atoms with Crippen LogP contribution in [0.2, 0.25) is 0 Å². The van der Waals surface area contributed by atoms with E-state index < -0.39 is 11.6 Å². The summed E-state index contributed by atoms with van der Waals surface area (Å²) in [5, 5.41) is 3.04. The van der Waals surface area contributed by atoms with Crippen molar-refractivity contribution >= 4 is 0 Å². The lowest BCUT2D eigenvalue weighted by molar-refractivity contribution is 0.364. The highest BCUT2D eigenvalue weighted by atomic mass is 19.1. The van der Waals surface area contributed by atoms with Crippen LogP contribution < -0.4 is 5.32 Å². The summed E-state index contributed by atoms with van der Waals surface area (Å²) in [7, 11) is 5.71. The normalized spacial score (nSPS) is 13.1. The van der Waals surface area contributed by atoms with Gasteiger partial charge in [0.15, 0.2) is 0 Å². The summed E-state index contributed by atoms with van der Waals surface area (Å²) in [6, 6.07) is 3.64. The molecule has 0 aliphatic heterocycles. The highest BCUT2D eigenvalue weighted by molar-refractivity contribution is 5.22. The molecule has 1 rings (SSSR count). The predicted octanol–water partition coefficient (Wildman–Crippen LogP) is 2.18. The maximum absolute atomic E-state index is 13.5. The Morgan fingerprint density at radius 3 is 2.50 bits per heavy atom. The van der Waals surface area contributed by atoms with Crippen LogP contribution in [0.15, 0.2) is 18.2 Å². The molecule has 1 unspecified atom stereocenters. The lowest BCUT2D eigenvalue weighted by atomic mass is 10.0. The van der Waals surface area contributed by atoms with E-state index >= 15 is 0 Å². The Morgan fingerprint density at radius 1 is 1.31 bits per heavy atom. The summed E-state index contributed by atoms with van der Waals surface area (Å²) in [6.07, 6.45) is 0.784. The second kappa shape index (κ2) is 5.92. The van der Waals surface area contributed by atoms with E-state index in [-0.39, 0.29) is 6.04 Å². The van der Waals surface area contributed by atoms with Crippen LogP contribution in [-0.4, -0.2) is 32.6 Å². The van der Waals surface area contributed by atoms with E-state index in [0.29, 0.717) is 5.56 Å². The number of hydrogen-bond acceptors (Lipinski definition) is 2. The second-order valence-corrected chi connectivity index (χ2v) is 4.10. The van der Waals surface area contributed by atoms with Crippen molar-refractivity contribution in [3.8, 4) is 0 Å². The van der Waals surface area contributed by atoms with Crippen LogP contribution in [0.25, 0.3) is 0 Å². The number of hydrogen-bond donors (Lipinski definition) is 1. The third-order valence-electron chi connectivity index (χ3n) is 2.55. The van der Waals surface area contributed by atoms with Crippen LogP contribution in [0.4, 0.5) is 8.78 Å². The van der Waals surface area contributed by atoms with Gasteiger partial charge in [-0.1, -0.05) is 6.07 Å². The van der Waals surface area contributed by atoms with Crippen LogP contribution in [0.1, 0.15) is 18.0 Å². The minimum absolute atomic E-state index is 0.0806. The first kappa shape index (κ1) is 13.1. The average molecular weight is 228 g/mol. The topological polar surface area (TPSA) is 15.3 Å². The van der Waals surface area contributed by atoms with Crippen molar-refractivity contribution in [3.05, 3.63) is 35.4 Å². The van der Waals surface area contributed by atoms with E-state index in [2.05, 4.69) is 5.32 Å². The average Bonchev–Trinajstić information content (AvgIpc) is 2.21. The Kier molecular flexibility index (Phi) is 4.83. The number of nitrogens with zero attached hydrogens (tertiary/aromatic N) is 1. The van der Waals surface area contributed by atoms with E-state index in [9.17, 15) is 8.78 Å². The largest absolute Gasteiger partial charge is 0.313 e. The van der Waals surface area contributed by atoms with Crippen LogP contribution in [0.3, 0.4) is 0 Å². The SMILES string of the molecule is CNC(CCN(C)C)c1ccc(F)cc1F. The van der Waals surface area contributed by atoms with E-state index in [0.717, 1.165) is 19.0 Å². The monoisotopic (exact) mass is 228 g/mol. The van der Waals surface area contributed by atoms with Gasteiger partial charge in [0.25, 0.3) is 0 Å². The van der Waals surface area contributed by atoms with Gasteiger partial charge >= 0.3 is 0 Å². The Balaban J connectivity index is 2.78. The molecular formula is C12H18F2N2. The highest BCUT2D eigenvalue weighted by Crippen LogP contribution is 2.20. The molecule has 0 amide bonds. The summed E-state index contributed by atoms with van der Waals surface area (Å²) in [6.45, 7) is 0.850. The summed E-state index contributed by atoms with van der Waals surface area (Å²) in [5.41, 5.74) is 0.519. The maximum atomic E-state index is 13.5. The van der Waals surface area contributed by atoms with Crippen molar-refractivity contribution in [2.75, 3.05) is 27.7 Å². The molecule has 0 aliphatic carbocycles. The van der Waals surface area contributed by atoms with Crippen LogP contribution in [0.5, 0.6) is 0 Å². The smallest absolute Gasteiger partial charge is 0.130 e. The minimum atomic E-state index is -0.538. The Morgan fingerprint density at radius 2 is 2.00 bits per heavy atom. The number of benzene rings is 1. The number of halogens is 2. The van der Waals surface area contributed by atoms with E-state index in [1.807, 2.05) is 19.0 Å². The van der Waals surface area contributed by atoms with Gasteiger partial charge in [-0.05, 0) is 40.2 Å². The minimum Gasteiger partial charge on any atom is -0.313 e. The van der Waals surface area contributed by atoms with E-state index in [1.165, 1.54) is 12.1 Å². The summed E-state index contributed by atoms with van der Waals surface area (Å²) in [5.74, 6) is -1.03. The molecule has 16 heavy (non-hydrogen) atoms. The molecule has 0 radical (unpaired) electrons. The van der Waals surface area contributed by atoms with Crippen LogP contribution in [-0.2, 0) is 0 Å². The molecule has 0 spiro atoms. The number of rotatable bonds is 5. The third-order valence-corrected chi connectivity index (χ3v) is 2.55. The molecule has 1 aromatic carbocycles. The van der Waals surface area contributed by atoms with Gasteiger partial charge in [-0.25, -0.2) is 8.78 Å². The molecule has 0 fully saturated rings. The van der Waals surface area contributed by atoms with Crippen molar-refractivity contribution in [2.24, 2.45) is 0 Å². The molecular weight excluding hydrogens is 210 g/mol. The molecule has 90 valence electrons. The molecule has 0 saturated heterocycles. The molecule has 0 bridgehead atoms. The van der Waals surface area contributed by atoms with Gasteiger partial charge < -0.3 is 10.2 Å². The van der Waals surface area contributed by atoms with Gasteiger partial charge in [-0.2, -0.15) is 0 Å². The summed E-state index contributed by atoms with van der Waals surface area (Å²) in [4.78, 5) is 2.03. The fourth-order valence-corrected chi connectivity index (χ4v) is 1.63. The first-order chi connectivity index (χ1) is 7.54. The van der Waals surface area contributed by atoms with Crippen LogP contribution >= 0.6 is 0 Å². The Labute approximate surface area is 95.3 Å². The van der Waals surface area contributed by atoms with Gasteiger partial charge in [0.05, 0.1) is 0 Å². The Hall–Kier alpha value is -1.00. The van der Waals surface area contributed by atoms with Gasteiger partial charge in [0.1, 0.15) is 11.6 Å². The zero-order chi connectivity index (χ0) is 12.1. The fourth-order valence-electron chi connectivity index (χ4n) is 1.63. The number of nitrogens with one attached hydrogen (secondary N) is 1. The van der Waals surface area contributed by atoms with Gasteiger partial charge in [0, 0.05) is 17.7 Å². The molecule has 0 saturated carbocycles. The molecule has 4 heteroatoms. The first-order valence-corrected chi connectivity index (χ1v) is 5.31. The maximum Gasteiger partial charge on any atom is 0.130 e. The molecule has 2 nitrogen and oxygen atoms in total. The van der Waals surface area contributed by atoms with Gasteiger partial charge in [-0.15, -0.1) is 0 Å². The third kappa shape index (κ3) is 3.54. The van der Waals surface area contributed by atoms with Gasteiger partial charge in [0.2, 0.25) is 0 Å². The van der Waals surface area contributed by atoms with Crippen LogP contribution in [0, 0.1) is 11.6 Å². The standard InChI is InChI=1S/C12H18F2N2/c1-15-12(6-7-16(2)3)10-5-4-9(13)8-11(10)14/h4-5,8,12,15H,6-7H2,1-3H3. The second-order valence-electron chi connectivity index (χ2n) is 4.10. The van der Waals surface area contributed by atoms with E-state index in [4.69, 9.17) is 0 Å². The zero-order valence-electron chi connectivity index (χ0n) is 9.93. The molecule has 0 aliphatic rings. The lowest BCUT2D eigenvalue weighted by Gasteiger charge is -2.19. The predicted molar refractivity (Wildman–Crippen MR) is 61.3 cm³/mol. The molecule has 0 heterocycles. The molecule has 1 atom stereocenters. The van der Waals surface area contributed by atoms with Crippen molar-refractivity contribution in [2.45, 2.75) is 12.5 Å². The summed E-state index contributed by atoms with van der Waals surface area (Å²) >= 11 is 0. The van der Waals surface area contributed by atoms with Crippen molar-refractivity contribution in [1.82, 2.24) is 10.2 Å². The van der Waals surface area contributed by atoms with Crippen molar-refractivity contribution in [1.29, 1.82) is 0 Å². The fraction of sp³-hybridized carbons (Fsp3) is 0.500. The van der Waals surface area contributed by atoms with Crippen molar-refractivity contribution < 1.29 is 8.78 Å². The summed E-state index contributed by atoms with van der Waals surface area (Å²) < 4.78 is 26.3. The highest BCUT2D eigenvalue weighted by Gasteiger charge is 2.14. The zero-order valence-corrected chi connectivity index (χ0v) is 9.93. The first-order valence-electron chi connectivity index (χ1n) is 5.31. The molecule has 0 aromatic heterocycles. The molecule has 1 N–H and O–H groups in total. The Bertz CT molecular complexity index is 340. The van der Waals surface area contributed by atoms with E-state index in [1.54, 1.807) is 7.05 Å². The van der Waals surface area contributed by atoms with Gasteiger partial charge in [-0.3, -0.25) is 0 Å². The lowest BCUT2D eigenvalue weighted by Crippen LogP contribution is -2.23. The quantitative estimate of drug-likeness (QED) is 0.831. The van der Waals surface area contributed by atoms with Crippen molar-refractivity contribution in [3.63, 3.8) is 0 Å². The molecule has 1 aromatic rings.